The third-order valence-corrected chi connectivity index (χ3v) is 1.58. The second-order valence-corrected chi connectivity index (χ2v) is 2.36. The molecule has 0 radical (unpaired) electrons. The molecule has 3 nitrogen and oxygen atoms in total. The Hall–Kier alpha value is -1.51. The van der Waals surface area contributed by atoms with E-state index in [1.54, 1.807) is 6.21 Å². The van der Waals surface area contributed by atoms with Crippen LogP contribution in [0.1, 0.15) is 6.92 Å². The van der Waals surface area contributed by atoms with E-state index in [1.165, 1.54) is 0 Å². The summed E-state index contributed by atoms with van der Waals surface area (Å²) in [5, 5.41) is 4.89. The third-order valence-electron chi connectivity index (χ3n) is 1.58. The SMILES string of the molecule is C=c1[nH]cc/c1=C(/N=CC)NC. The van der Waals surface area contributed by atoms with Crippen LogP contribution in [0.4, 0.5) is 0 Å². The number of aliphatic imine (C=N–C) groups is 1. The van der Waals surface area contributed by atoms with Crippen molar-refractivity contribution in [3.63, 3.8) is 0 Å². The van der Waals surface area contributed by atoms with Gasteiger partial charge in [-0.15, -0.1) is 0 Å². The van der Waals surface area contributed by atoms with E-state index in [4.69, 9.17) is 0 Å². The van der Waals surface area contributed by atoms with Crippen molar-refractivity contribution in [2.75, 3.05) is 7.05 Å². The highest BCUT2D eigenvalue weighted by Crippen LogP contribution is 1.83. The predicted molar refractivity (Wildman–Crippen MR) is 52.2 cm³/mol. The fourth-order valence-corrected chi connectivity index (χ4v) is 1.02. The highest BCUT2D eigenvalue weighted by molar-refractivity contribution is 5.62. The van der Waals surface area contributed by atoms with Gasteiger partial charge in [0.05, 0.1) is 0 Å². The van der Waals surface area contributed by atoms with Crippen LogP contribution >= 0.6 is 0 Å². The van der Waals surface area contributed by atoms with E-state index in [-0.39, 0.29) is 0 Å². The van der Waals surface area contributed by atoms with Gasteiger partial charge in [-0.25, -0.2) is 4.99 Å². The van der Waals surface area contributed by atoms with Crippen LogP contribution in [0.2, 0.25) is 0 Å². The summed E-state index contributed by atoms with van der Waals surface area (Å²) < 4.78 is 0. The van der Waals surface area contributed by atoms with Gasteiger partial charge in [-0.05, 0) is 13.0 Å². The molecule has 12 heavy (non-hydrogen) atoms. The van der Waals surface area contributed by atoms with Crippen molar-refractivity contribution in [3.05, 3.63) is 22.8 Å². The molecule has 0 saturated heterocycles. The number of nitrogens with zero attached hydrogens (tertiary/aromatic N) is 1. The van der Waals surface area contributed by atoms with Gasteiger partial charge in [-0.3, -0.25) is 0 Å². The maximum atomic E-state index is 4.17. The normalized spacial score (nSPS) is 13.5. The van der Waals surface area contributed by atoms with Crippen LogP contribution in [0.5, 0.6) is 0 Å². The Balaban J connectivity index is 3.37. The zero-order chi connectivity index (χ0) is 8.97. The molecule has 0 saturated carbocycles. The molecule has 0 fully saturated rings. The molecule has 1 aromatic heterocycles. The lowest BCUT2D eigenvalue weighted by atomic mass is 10.4. The molecular formula is C9H13N3. The van der Waals surface area contributed by atoms with Crippen molar-refractivity contribution in [1.29, 1.82) is 0 Å². The lowest BCUT2D eigenvalue weighted by Gasteiger charge is -1.96. The summed E-state index contributed by atoms with van der Waals surface area (Å²) in [6.45, 7) is 5.72. The van der Waals surface area contributed by atoms with Crippen LogP contribution in [0, 0.1) is 0 Å². The minimum absolute atomic E-state index is 0.837. The van der Waals surface area contributed by atoms with Gasteiger partial charge in [0, 0.05) is 30.0 Å². The first kappa shape index (κ1) is 8.59. The van der Waals surface area contributed by atoms with Crippen LogP contribution in [-0.4, -0.2) is 18.2 Å². The van der Waals surface area contributed by atoms with Crippen LogP contribution in [0.3, 0.4) is 0 Å². The van der Waals surface area contributed by atoms with Gasteiger partial charge in [0.25, 0.3) is 0 Å². The number of nitrogens with one attached hydrogen (secondary N) is 2. The Bertz CT molecular complexity index is 373. The molecule has 0 spiro atoms. The average Bonchev–Trinajstić information content (AvgIpc) is 2.47. The first-order chi connectivity index (χ1) is 5.79. The summed E-state index contributed by atoms with van der Waals surface area (Å²) >= 11 is 0. The van der Waals surface area contributed by atoms with E-state index in [1.807, 2.05) is 26.2 Å². The van der Waals surface area contributed by atoms with Gasteiger partial charge < -0.3 is 10.3 Å². The minimum atomic E-state index is 0.837. The molecule has 1 aromatic rings. The third kappa shape index (κ3) is 1.56. The largest absolute Gasteiger partial charge is 0.373 e. The van der Waals surface area contributed by atoms with Gasteiger partial charge >= 0.3 is 0 Å². The van der Waals surface area contributed by atoms with Crippen molar-refractivity contribution in [1.82, 2.24) is 10.3 Å². The molecule has 0 aromatic carbocycles. The van der Waals surface area contributed by atoms with Gasteiger partial charge in [-0.2, -0.15) is 0 Å². The molecule has 1 rings (SSSR count). The van der Waals surface area contributed by atoms with E-state index in [9.17, 15) is 0 Å². The zero-order valence-corrected chi connectivity index (χ0v) is 7.39. The van der Waals surface area contributed by atoms with E-state index in [0.717, 1.165) is 16.4 Å². The molecule has 0 amide bonds. The Labute approximate surface area is 71.5 Å². The summed E-state index contributed by atoms with van der Waals surface area (Å²) in [5.74, 6) is 0.837. The highest BCUT2D eigenvalue weighted by Gasteiger charge is 1.91. The number of aromatic nitrogens is 1. The first-order valence-electron chi connectivity index (χ1n) is 3.82. The molecule has 0 atom stereocenters. The molecule has 2 N–H and O–H groups in total. The standard InChI is InChI=1S/C9H13N3/c1-4-11-9(10-3)8-5-6-12-7(8)2/h4-6,10,12H,2H2,1,3H3/b9-8-,11-4?. The van der Waals surface area contributed by atoms with E-state index < -0.39 is 0 Å². The Morgan fingerprint density at radius 2 is 2.50 bits per heavy atom. The Kier molecular flexibility index (Phi) is 2.69. The summed E-state index contributed by atoms with van der Waals surface area (Å²) in [5.41, 5.74) is 0. The second-order valence-electron chi connectivity index (χ2n) is 2.36. The van der Waals surface area contributed by atoms with Gasteiger partial charge in [-0.1, -0.05) is 6.58 Å². The average molecular weight is 163 g/mol. The topological polar surface area (TPSA) is 40.2 Å². The van der Waals surface area contributed by atoms with Crippen LogP contribution in [0.15, 0.2) is 17.3 Å². The highest BCUT2D eigenvalue weighted by atomic mass is 15.0. The monoisotopic (exact) mass is 163 g/mol. The fourth-order valence-electron chi connectivity index (χ4n) is 1.02. The molecule has 1 heterocycles. The summed E-state index contributed by atoms with van der Waals surface area (Å²) in [6.07, 6.45) is 3.60. The van der Waals surface area contributed by atoms with E-state index >= 15 is 0 Å². The lowest BCUT2D eigenvalue weighted by molar-refractivity contribution is 1.08. The maximum Gasteiger partial charge on any atom is 0.134 e. The molecule has 64 valence electrons. The number of aromatic amines is 1. The molecule has 0 unspecified atom stereocenters. The van der Waals surface area contributed by atoms with Crippen LogP contribution in [-0.2, 0) is 0 Å². The quantitative estimate of drug-likeness (QED) is 0.582. The number of H-pyrrole nitrogens is 1. The van der Waals surface area contributed by atoms with Crippen molar-refractivity contribution < 1.29 is 0 Å². The van der Waals surface area contributed by atoms with Crippen molar-refractivity contribution in [2.45, 2.75) is 6.92 Å². The molecular weight excluding hydrogens is 150 g/mol. The smallest absolute Gasteiger partial charge is 0.134 e. The predicted octanol–water partition coefficient (Wildman–Crippen LogP) is -0.199. The Morgan fingerprint density at radius 1 is 1.75 bits per heavy atom. The van der Waals surface area contributed by atoms with Gasteiger partial charge in [0.2, 0.25) is 0 Å². The minimum Gasteiger partial charge on any atom is -0.373 e. The molecule has 3 heteroatoms. The number of hydrogen-bond donors (Lipinski definition) is 2. The zero-order valence-electron chi connectivity index (χ0n) is 7.39. The summed E-state index contributed by atoms with van der Waals surface area (Å²) in [4.78, 5) is 7.16. The second kappa shape index (κ2) is 3.76. The van der Waals surface area contributed by atoms with Crippen molar-refractivity contribution >= 4 is 18.6 Å². The molecule has 0 aliphatic heterocycles. The maximum absolute atomic E-state index is 4.17. The van der Waals surface area contributed by atoms with E-state index in [2.05, 4.69) is 21.9 Å². The summed E-state index contributed by atoms with van der Waals surface area (Å²) in [7, 11) is 1.84. The van der Waals surface area contributed by atoms with Crippen LogP contribution < -0.4 is 15.9 Å². The number of rotatable bonds is 2. The number of hydrogen-bond acceptors (Lipinski definition) is 2. The Morgan fingerprint density at radius 3 is 2.92 bits per heavy atom. The van der Waals surface area contributed by atoms with Crippen molar-refractivity contribution in [2.24, 2.45) is 4.99 Å². The molecule has 0 bridgehead atoms. The first-order valence-corrected chi connectivity index (χ1v) is 3.82. The molecule has 0 aliphatic carbocycles. The lowest BCUT2D eigenvalue weighted by Crippen LogP contribution is -2.27. The van der Waals surface area contributed by atoms with Crippen LogP contribution in [0.25, 0.3) is 12.4 Å². The summed E-state index contributed by atoms with van der Waals surface area (Å²) in [6, 6.07) is 1.95. The van der Waals surface area contributed by atoms with Gasteiger partial charge in [0.15, 0.2) is 0 Å². The van der Waals surface area contributed by atoms with E-state index in [0.29, 0.717) is 0 Å². The fraction of sp³-hybridized carbons (Fsp3) is 0.222. The van der Waals surface area contributed by atoms with Crippen molar-refractivity contribution in [3.8, 4) is 0 Å². The van der Waals surface area contributed by atoms with Gasteiger partial charge in [0.1, 0.15) is 5.82 Å². The molecule has 0 aliphatic rings.